The molecule has 1 rings (SSSR count). The molecule has 0 saturated carbocycles. The zero-order chi connectivity index (χ0) is 11.6. The zero-order valence-corrected chi connectivity index (χ0v) is 10.8. The molecular weight excluding hydrogens is 198 g/mol. The molecule has 0 aliphatic carbocycles. The van der Waals surface area contributed by atoms with Crippen LogP contribution < -0.4 is 0 Å². The van der Waals surface area contributed by atoms with Crippen LogP contribution in [0, 0.1) is 17.3 Å². The lowest BCUT2D eigenvalue weighted by Gasteiger charge is -2.39. The Morgan fingerprint density at radius 2 is 1.62 bits per heavy atom. The molecule has 0 spiro atoms. The molecule has 1 fully saturated rings. The van der Waals surface area contributed by atoms with Gasteiger partial charge in [0.15, 0.2) is 0 Å². The van der Waals surface area contributed by atoms with Gasteiger partial charge < -0.3 is 4.90 Å². The van der Waals surface area contributed by atoms with Crippen LogP contribution in [0.15, 0.2) is 0 Å². The second-order valence-corrected chi connectivity index (χ2v) is 6.12. The Bertz CT molecular complexity index is 219. The number of rotatable bonds is 1. The first kappa shape index (κ1) is 15.5. The molecule has 0 atom stereocenters. The molecule has 2 heteroatoms. The van der Waals surface area contributed by atoms with Crippen molar-refractivity contribution in [2.75, 3.05) is 13.1 Å². The summed E-state index contributed by atoms with van der Waals surface area (Å²) in [7, 11) is 0. The Hall–Kier alpha value is -0.530. The van der Waals surface area contributed by atoms with Crippen molar-refractivity contribution in [2.45, 2.75) is 54.9 Å². The molecule has 2 nitrogen and oxygen atoms in total. The van der Waals surface area contributed by atoms with Crippen molar-refractivity contribution < 1.29 is 4.79 Å². The first-order valence-electron chi connectivity index (χ1n) is 6.11. The number of carbonyl (C=O) groups excluding carboxylic acids is 1. The van der Waals surface area contributed by atoms with Crippen molar-refractivity contribution >= 4 is 5.91 Å². The molecule has 0 aromatic carbocycles. The molecule has 1 heterocycles. The van der Waals surface area contributed by atoms with E-state index in [2.05, 4.69) is 20.8 Å². The number of carbonyl (C=O) groups is 1. The van der Waals surface area contributed by atoms with E-state index >= 15 is 0 Å². The molecule has 1 saturated heterocycles. The van der Waals surface area contributed by atoms with Crippen LogP contribution in [-0.2, 0) is 4.79 Å². The Kier molecular flexibility index (Phi) is 5.51. The first-order chi connectivity index (χ1) is 6.82. The number of amides is 1. The predicted molar refractivity (Wildman–Crippen MR) is 70.3 cm³/mol. The standard InChI is InChI=1S/C13H25NO.CH4/c1-10(2)12(15)14-8-6-11(7-9-14)13(3,4)5;/h10-11H,6-9H2,1-5H3;1H4. The maximum atomic E-state index is 11.8. The topological polar surface area (TPSA) is 20.3 Å². The van der Waals surface area contributed by atoms with Gasteiger partial charge in [-0.1, -0.05) is 42.0 Å². The number of hydrogen-bond acceptors (Lipinski definition) is 1. The lowest BCUT2D eigenvalue weighted by Crippen LogP contribution is -2.43. The number of hydrogen-bond donors (Lipinski definition) is 0. The van der Waals surface area contributed by atoms with Crippen molar-refractivity contribution in [3.63, 3.8) is 0 Å². The summed E-state index contributed by atoms with van der Waals surface area (Å²) in [6.45, 7) is 12.8. The molecule has 1 aliphatic rings. The highest BCUT2D eigenvalue weighted by Crippen LogP contribution is 2.34. The molecule has 16 heavy (non-hydrogen) atoms. The molecule has 0 N–H and O–H groups in total. The SMILES string of the molecule is C.CC(C)C(=O)N1CCC(C(C)(C)C)CC1. The van der Waals surface area contributed by atoms with Gasteiger partial charge in [0, 0.05) is 19.0 Å². The Morgan fingerprint density at radius 1 is 1.19 bits per heavy atom. The Morgan fingerprint density at radius 3 is 1.94 bits per heavy atom. The fourth-order valence-corrected chi connectivity index (χ4v) is 2.33. The summed E-state index contributed by atoms with van der Waals surface area (Å²) in [4.78, 5) is 13.8. The molecule has 0 radical (unpaired) electrons. The minimum Gasteiger partial charge on any atom is -0.342 e. The van der Waals surface area contributed by atoms with Crippen molar-refractivity contribution in [3.05, 3.63) is 0 Å². The van der Waals surface area contributed by atoms with Crippen LogP contribution in [-0.4, -0.2) is 23.9 Å². The van der Waals surface area contributed by atoms with Crippen molar-refractivity contribution in [1.82, 2.24) is 4.90 Å². The summed E-state index contributed by atoms with van der Waals surface area (Å²) < 4.78 is 0. The molecule has 0 bridgehead atoms. The van der Waals surface area contributed by atoms with E-state index in [1.165, 1.54) is 12.8 Å². The van der Waals surface area contributed by atoms with Gasteiger partial charge in [-0.2, -0.15) is 0 Å². The van der Waals surface area contributed by atoms with Crippen LogP contribution in [0.3, 0.4) is 0 Å². The van der Waals surface area contributed by atoms with E-state index in [1.54, 1.807) is 0 Å². The summed E-state index contributed by atoms with van der Waals surface area (Å²) in [5.41, 5.74) is 0.396. The van der Waals surface area contributed by atoms with Gasteiger partial charge in [-0.25, -0.2) is 0 Å². The maximum absolute atomic E-state index is 11.8. The number of likely N-dealkylation sites (tertiary alicyclic amines) is 1. The fraction of sp³-hybridized carbons (Fsp3) is 0.929. The molecule has 1 amide bonds. The summed E-state index contributed by atoms with van der Waals surface area (Å²) in [5, 5.41) is 0. The molecular formula is C14H29NO. The van der Waals surface area contributed by atoms with E-state index in [-0.39, 0.29) is 13.3 Å². The monoisotopic (exact) mass is 227 g/mol. The third-order valence-corrected chi connectivity index (χ3v) is 3.53. The second-order valence-electron chi connectivity index (χ2n) is 6.12. The van der Waals surface area contributed by atoms with E-state index in [4.69, 9.17) is 0 Å². The Balaban J connectivity index is 0.00000225. The van der Waals surface area contributed by atoms with Gasteiger partial charge in [0.05, 0.1) is 0 Å². The number of piperidine rings is 1. The van der Waals surface area contributed by atoms with Crippen molar-refractivity contribution in [2.24, 2.45) is 17.3 Å². The van der Waals surface area contributed by atoms with Gasteiger partial charge in [-0.3, -0.25) is 4.79 Å². The number of nitrogens with zero attached hydrogens (tertiary/aromatic N) is 1. The normalized spacial score (nSPS) is 18.5. The minimum absolute atomic E-state index is 0. The highest BCUT2D eigenvalue weighted by atomic mass is 16.2. The smallest absolute Gasteiger partial charge is 0.225 e. The average molecular weight is 227 g/mol. The zero-order valence-electron chi connectivity index (χ0n) is 10.8. The van der Waals surface area contributed by atoms with Gasteiger partial charge in [0.25, 0.3) is 0 Å². The largest absolute Gasteiger partial charge is 0.342 e. The van der Waals surface area contributed by atoms with Gasteiger partial charge >= 0.3 is 0 Å². The second kappa shape index (κ2) is 5.70. The van der Waals surface area contributed by atoms with Crippen LogP contribution in [0.25, 0.3) is 0 Å². The summed E-state index contributed by atoms with van der Waals surface area (Å²) in [5.74, 6) is 1.24. The molecule has 0 aromatic rings. The van der Waals surface area contributed by atoms with Crippen LogP contribution in [0.5, 0.6) is 0 Å². The van der Waals surface area contributed by atoms with Gasteiger partial charge in [-0.05, 0) is 24.2 Å². The van der Waals surface area contributed by atoms with Gasteiger partial charge in [0.2, 0.25) is 5.91 Å². The van der Waals surface area contributed by atoms with Crippen LogP contribution in [0.2, 0.25) is 0 Å². The third kappa shape index (κ3) is 3.80. The van der Waals surface area contributed by atoms with E-state index in [1.807, 2.05) is 18.7 Å². The third-order valence-electron chi connectivity index (χ3n) is 3.53. The van der Waals surface area contributed by atoms with Crippen molar-refractivity contribution in [3.8, 4) is 0 Å². The van der Waals surface area contributed by atoms with E-state index < -0.39 is 0 Å². The quantitative estimate of drug-likeness (QED) is 0.670. The Labute approximate surface area is 101 Å². The van der Waals surface area contributed by atoms with Crippen molar-refractivity contribution in [1.29, 1.82) is 0 Å². The predicted octanol–water partition coefficient (Wildman–Crippen LogP) is 3.56. The van der Waals surface area contributed by atoms with E-state index in [0.29, 0.717) is 11.3 Å². The lowest BCUT2D eigenvalue weighted by molar-refractivity contribution is -0.136. The first-order valence-corrected chi connectivity index (χ1v) is 6.11. The summed E-state index contributed by atoms with van der Waals surface area (Å²) >= 11 is 0. The van der Waals surface area contributed by atoms with Crippen LogP contribution >= 0.6 is 0 Å². The van der Waals surface area contributed by atoms with Crippen LogP contribution in [0.1, 0.15) is 54.9 Å². The lowest BCUT2D eigenvalue weighted by atomic mass is 9.75. The van der Waals surface area contributed by atoms with E-state index in [0.717, 1.165) is 19.0 Å². The summed E-state index contributed by atoms with van der Waals surface area (Å²) in [6.07, 6.45) is 2.34. The summed E-state index contributed by atoms with van der Waals surface area (Å²) in [6, 6.07) is 0. The average Bonchev–Trinajstić information content (AvgIpc) is 2.15. The highest BCUT2D eigenvalue weighted by molar-refractivity contribution is 5.78. The fourth-order valence-electron chi connectivity index (χ4n) is 2.33. The maximum Gasteiger partial charge on any atom is 0.225 e. The molecule has 0 aromatic heterocycles. The molecule has 1 aliphatic heterocycles. The van der Waals surface area contributed by atoms with E-state index in [9.17, 15) is 4.79 Å². The molecule has 96 valence electrons. The van der Waals surface area contributed by atoms with Gasteiger partial charge in [0.1, 0.15) is 0 Å². The minimum atomic E-state index is 0. The van der Waals surface area contributed by atoms with Gasteiger partial charge in [-0.15, -0.1) is 0 Å². The molecule has 0 unspecified atom stereocenters. The highest BCUT2D eigenvalue weighted by Gasteiger charge is 2.30. The van der Waals surface area contributed by atoms with Crippen LogP contribution in [0.4, 0.5) is 0 Å².